The van der Waals surface area contributed by atoms with Crippen LogP contribution >= 0.6 is 11.6 Å². The molecule has 1 saturated heterocycles. The van der Waals surface area contributed by atoms with Crippen LogP contribution in [-0.2, 0) is 9.53 Å². The Labute approximate surface area is 155 Å². The third kappa shape index (κ3) is 3.14. The Morgan fingerprint density at radius 2 is 2.35 bits per heavy atom. The molecule has 3 heterocycles. The Kier molecular flexibility index (Phi) is 4.78. The van der Waals surface area contributed by atoms with E-state index in [0.717, 1.165) is 21.8 Å². The number of hydrogen-bond donors (Lipinski definition) is 3. The number of fused-ring (bicyclic) bond motifs is 3. The highest BCUT2D eigenvalue weighted by Gasteiger charge is 2.29. The summed E-state index contributed by atoms with van der Waals surface area (Å²) in [4.78, 5) is 22.4. The third-order valence-corrected chi connectivity index (χ3v) is 4.91. The highest BCUT2D eigenvalue weighted by Crippen LogP contribution is 2.33. The highest BCUT2D eigenvalue weighted by atomic mass is 35.5. The van der Waals surface area contributed by atoms with E-state index in [2.05, 4.69) is 20.2 Å². The van der Waals surface area contributed by atoms with Crippen molar-refractivity contribution in [2.45, 2.75) is 6.04 Å². The number of morpholine rings is 1. The van der Waals surface area contributed by atoms with Crippen LogP contribution in [0, 0.1) is 0 Å². The zero-order chi connectivity index (χ0) is 18.1. The van der Waals surface area contributed by atoms with Crippen molar-refractivity contribution in [1.29, 1.82) is 0 Å². The minimum Gasteiger partial charge on any atom is -0.378 e. The van der Waals surface area contributed by atoms with Crippen LogP contribution in [0.5, 0.6) is 0 Å². The fourth-order valence-corrected chi connectivity index (χ4v) is 3.66. The molecule has 26 heavy (non-hydrogen) atoms. The molecular formula is C18H20ClN5O2. The number of aromatic amines is 1. The zero-order valence-electron chi connectivity index (χ0n) is 14.2. The Morgan fingerprint density at radius 1 is 1.46 bits per heavy atom. The van der Waals surface area contributed by atoms with Gasteiger partial charge in [0.2, 0.25) is 5.91 Å². The smallest absolute Gasteiger partial charge is 0.244 e. The Balaban J connectivity index is 1.69. The van der Waals surface area contributed by atoms with Crippen molar-refractivity contribution in [2.75, 3.05) is 38.2 Å². The van der Waals surface area contributed by atoms with Crippen molar-refractivity contribution >= 4 is 45.0 Å². The van der Waals surface area contributed by atoms with Crippen LogP contribution in [0.15, 0.2) is 30.6 Å². The molecule has 0 radical (unpaired) electrons. The highest BCUT2D eigenvalue weighted by molar-refractivity contribution is 6.32. The summed E-state index contributed by atoms with van der Waals surface area (Å²) in [6.45, 7) is 2.81. The summed E-state index contributed by atoms with van der Waals surface area (Å²) in [5.41, 5.74) is 8.04. The molecule has 2 aromatic heterocycles. The number of carbonyl (C=O) groups is 1. The van der Waals surface area contributed by atoms with E-state index in [-0.39, 0.29) is 11.9 Å². The number of pyridine rings is 1. The fourth-order valence-electron chi connectivity index (χ4n) is 3.45. The maximum Gasteiger partial charge on any atom is 0.244 e. The van der Waals surface area contributed by atoms with Gasteiger partial charge < -0.3 is 20.8 Å². The van der Waals surface area contributed by atoms with E-state index in [1.807, 2.05) is 12.1 Å². The SMILES string of the molecule is NCCN1CCOC[C@H]1C(=O)Nc1cc(Cl)cc2c1[nH]c1cnccc12. The molecule has 4 N–H and O–H groups in total. The molecule has 1 aliphatic heterocycles. The molecule has 136 valence electrons. The molecular weight excluding hydrogens is 354 g/mol. The van der Waals surface area contributed by atoms with Crippen LogP contribution in [0.2, 0.25) is 5.02 Å². The molecule has 3 aromatic rings. The molecule has 8 heteroatoms. The predicted molar refractivity (Wildman–Crippen MR) is 102 cm³/mol. The number of nitrogens with one attached hydrogen (secondary N) is 2. The fraction of sp³-hybridized carbons (Fsp3) is 0.333. The topological polar surface area (TPSA) is 96.3 Å². The molecule has 0 unspecified atom stereocenters. The maximum absolute atomic E-state index is 12.9. The van der Waals surface area contributed by atoms with Crippen molar-refractivity contribution in [3.63, 3.8) is 0 Å². The molecule has 7 nitrogen and oxygen atoms in total. The van der Waals surface area contributed by atoms with Gasteiger partial charge in [-0.1, -0.05) is 11.6 Å². The van der Waals surface area contributed by atoms with Gasteiger partial charge in [0.25, 0.3) is 0 Å². The van der Waals surface area contributed by atoms with E-state index in [1.54, 1.807) is 18.5 Å². The number of anilines is 1. The number of amides is 1. The summed E-state index contributed by atoms with van der Waals surface area (Å²) >= 11 is 6.30. The van der Waals surface area contributed by atoms with Gasteiger partial charge in [-0.25, -0.2) is 0 Å². The first-order chi connectivity index (χ1) is 12.7. The van der Waals surface area contributed by atoms with Crippen LogP contribution < -0.4 is 11.1 Å². The molecule has 0 saturated carbocycles. The number of nitrogens with zero attached hydrogens (tertiary/aromatic N) is 2. The lowest BCUT2D eigenvalue weighted by molar-refractivity contribution is -0.127. The summed E-state index contributed by atoms with van der Waals surface area (Å²) in [5.74, 6) is -0.126. The average Bonchev–Trinajstić information content (AvgIpc) is 3.01. The van der Waals surface area contributed by atoms with Gasteiger partial charge in [0.05, 0.1) is 36.1 Å². The molecule has 1 aromatic carbocycles. The number of H-pyrrole nitrogens is 1. The second-order valence-corrected chi connectivity index (χ2v) is 6.76. The number of carbonyl (C=O) groups excluding carboxylic acids is 1. The zero-order valence-corrected chi connectivity index (χ0v) is 14.9. The van der Waals surface area contributed by atoms with Gasteiger partial charge in [-0.15, -0.1) is 0 Å². The molecule has 1 fully saturated rings. The number of nitrogens with two attached hydrogens (primary N) is 1. The Bertz CT molecular complexity index is 955. The van der Waals surface area contributed by atoms with E-state index < -0.39 is 0 Å². The first-order valence-corrected chi connectivity index (χ1v) is 8.93. The maximum atomic E-state index is 12.9. The normalized spacial score (nSPS) is 18.5. The predicted octanol–water partition coefficient (Wildman–Crippen LogP) is 1.97. The van der Waals surface area contributed by atoms with E-state index >= 15 is 0 Å². The van der Waals surface area contributed by atoms with Gasteiger partial charge in [0.1, 0.15) is 6.04 Å². The van der Waals surface area contributed by atoms with Crippen LogP contribution in [-0.4, -0.2) is 59.7 Å². The minimum atomic E-state index is -0.368. The molecule has 4 rings (SSSR count). The quantitative estimate of drug-likeness (QED) is 0.649. The summed E-state index contributed by atoms with van der Waals surface area (Å²) in [6.07, 6.45) is 3.49. The summed E-state index contributed by atoms with van der Waals surface area (Å²) in [5, 5.41) is 5.53. The number of hydrogen-bond acceptors (Lipinski definition) is 5. The van der Waals surface area contributed by atoms with Gasteiger partial charge in [0, 0.05) is 41.6 Å². The summed E-state index contributed by atoms with van der Waals surface area (Å²) < 4.78 is 5.49. The lowest BCUT2D eigenvalue weighted by atomic mass is 10.1. The Morgan fingerprint density at radius 3 is 3.19 bits per heavy atom. The van der Waals surface area contributed by atoms with Gasteiger partial charge in [-0.3, -0.25) is 14.7 Å². The van der Waals surface area contributed by atoms with Crippen LogP contribution in [0.3, 0.4) is 0 Å². The minimum absolute atomic E-state index is 0.126. The number of rotatable bonds is 4. The first kappa shape index (κ1) is 17.2. The van der Waals surface area contributed by atoms with Crippen molar-refractivity contribution < 1.29 is 9.53 Å². The van der Waals surface area contributed by atoms with Crippen molar-refractivity contribution in [3.05, 3.63) is 35.6 Å². The number of halogens is 1. The van der Waals surface area contributed by atoms with E-state index in [9.17, 15) is 4.79 Å². The van der Waals surface area contributed by atoms with Crippen LogP contribution in [0.25, 0.3) is 21.8 Å². The summed E-state index contributed by atoms with van der Waals surface area (Å²) in [7, 11) is 0. The average molecular weight is 374 g/mol. The van der Waals surface area contributed by atoms with Gasteiger partial charge in [0.15, 0.2) is 0 Å². The molecule has 1 atom stereocenters. The number of ether oxygens (including phenoxy) is 1. The molecule has 1 aliphatic rings. The second kappa shape index (κ2) is 7.20. The summed E-state index contributed by atoms with van der Waals surface area (Å²) in [6, 6.07) is 5.19. The molecule has 0 spiro atoms. The first-order valence-electron chi connectivity index (χ1n) is 8.55. The van der Waals surface area contributed by atoms with Gasteiger partial charge >= 0.3 is 0 Å². The number of benzene rings is 1. The largest absolute Gasteiger partial charge is 0.378 e. The van der Waals surface area contributed by atoms with E-state index in [1.165, 1.54) is 0 Å². The monoisotopic (exact) mass is 373 g/mol. The lowest BCUT2D eigenvalue weighted by Crippen LogP contribution is -2.53. The van der Waals surface area contributed by atoms with Crippen LogP contribution in [0.1, 0.15) is 0 Å². The van der Waals surface area contributed by atoms with Crippen molar-refractivity contribution in [1.82, 2.24) is 14.9 Å². The van der Waals surface area contributed by atoms with Crippen molar-refractivity contribution in [2.24, 2.45) is 5.73 Å². The second-order valence-electron chi connectivity index (χ2n) is 6.33. The van der Waals surface area contributed by atoms with Gasteiger partial charge in [-0.2, -0.15) is 0 Å². The van der Waals surface area contributed by atoms with E-state index in [0.29, 0.717) is 43.6 Å². The molecule has 0 bridgehead atoms. The Hall–Kier alpha value is -2.19. The van der Waals surface area contributed by atoms with E-state index in [4.69, 9.17) is 22.1 Å². The lowest BCUT2D eigenvalue weighted by Gasteiger charge is -2.34. The molecule has 1 amide bonds. The van der Waals surface area contributed by atoms with Crippen LogP contribution in [0.4, 0.5) is 5.69 Å². The third-order valence-electron chi connectivity index (χ3n) is 4.69. The van der Waals surface area contributed by atoms with Gasteiger partial charge in [-0.05, 0) is 18.2 Å². The molecule has 0 aliphatic carbocycles. The van der Waals surface area contributed by atoms with Crippen molar-refractivity contribution in [3.8, 4) is 0 Å². The standard InChI is InChI=1S/C18H20ClN5O2/c19-11-7-13-12-1-3-21-9-15(12)22-17(13)14(8-11)23-18(25)16-10-26-6-5-24(16)4-2-20/h1,3,7-9,16,22H,2,4-6,10,20H2,(H,23,25)/t16-/m0/s1. The number of aromatic nitrogens is 2.